The third-order valence-electron chi connectivity index (χ3n) is 4.51. The van der Waals surface area contributed by atoms with Crippen LogP contribution in [0.25, 0.3) is 21.7 Å². The van der Waals surface area contributed by atoms with Gasteiger partial charge in [-0.2, -0.15) is 0 Å². The maximum atomic E-state index is 13.5. The molecule has 0 aliphatic heterocycles. The van der Waals surface area contributed by atoms with E-state index >= 15 is 0 Å². The summed E-state index contributed by atoms with van der Waals surface area (Å²) in [7, 11) is -3.45. The van der Waals surface area contributed by atoms with Crippen molar-refractivity contribution in [2.45, 2.75) is 15.0 Å². The van der Waals surface area contributed by atoms with Gasteiger partial charge in [-0.15, -0.1) is 11.3 Å². The Morgan fingerprint density at radius 3 is 2.48 bits per heavy atom. The van der Waals surface area contributed by atoms with Crippen LogP contribution in [-0.2, 0) is 15.6 Å². The highest BCUT2D eigenvalue weighted by molar-refractivity contribution is 9.10. The number of halogens is 2. The van der Waals surface area contributed by atoms with Gasteiger partial charge in [0, 0.05) is 22.0 Å². The molecule has 4 aromatic rings. The summed E-state index contributed by atoms with van der Waals surface area (Å²) in [5.41, 5.74) is 3.09. The molecule has 0 saturated carbocycles. The van der Waals surface area contributed by atoms with Crippen molar-refractivity contribution in [2.75, 3.05) is 6.26 Å². The van der Waals surface area contributed by atoms with E-state index in [1.165, 1.54) is 29.7 Å². The van der Waals surface area contributed by atoms with E-state index in [0.717, 1.165) is 30.6 Å². The number of hydrogen-bond donors (Lipinski definition) is 0. The molecular formula is C23H17BrFNO2S3. The minimum atomic E-state index is -3.45. The van der Waals surface area contributed by atoms with Gasteiger partial charge in [0.25, 0.3) is 0 Å². The molecule has 158 valence electrons. The summed E-state index contributed by atoms with van der Waals surface area (Å²) in [5, 5.41) is 0. The van der Waals surface area contributed by atoms with Crippen molar-refractivity contribution < 1.29 is 12.8 Å². The van der Waals surface area contributed by atoms with Gasteiger partial charge < -0.3 is 0 Å². The smallest absolute Gasteiger partial charge is 0.176 e. The molecule has 3 aromatic carbocycles. The molecule has 0 saturated heterocycles. The van der Waals surface area contributed by atoms with Crippen molar-refractivity contribution in [1.82, 2.24) is 4.98 Å². The van der Waals surface area contributed by atoms with Crippen LogP contribution in [0.3, 0.4) is 0 Å². The highest BCUT2D eigenvalue weighted by Gasteiger charge is 2.21. The molecule has 0 amide bonds. The summed E-state index contributed by atoms with van der Waals surface area (Å²) in [6.07, 6.45) is 1.19. The number of sulfone groups is 1. The molecule has 4 rings (SSSR count). The van der Waals surface area contributed by atoms with E-state index in [4.69, 9.17) is 4.98 Å². The van der Waals surface area contributed by atoms with E-state index in [2.05, 4.69) is 22.0 Å². The fourth-order valence-electron chi connectivity index (χ4n) is 3.10. The largest absolute Gasteiger partial charge is 0.229 e. The lowest BCUT2D eigenvalue weighted by Crippen LogP contribution is -2.00. The number of rotatable bonds is 6. The quantitative estimate of drug-likeness (QED) is 0.248. The number of nitrogens with zero attached hydrogens (tertiary/aromatic N) is 1. The second-order valence-corrected chi connectivity index (χ2v) is 12.0. The maximum absolute atomic E-state index is 13.5. The average Bonchev–Trinajstić information content (AvgIpc) is 3.16. The zero-order valence-corrected chi connectivity index (χ0v) is 20.4. The Kier molecular flexibility index (Phi) is 6.62. The third-order valence-corrected chi connectivity index (χ3v) is 8.47. The van der Waals surface area contributed by atoms with Crippen molar-refractivity contribution in [3.8, 4) is 21.7 Å². The fourth-order valence-corrected chi connectivity index (χ4v) is 6.54. The Balaban J connectivity index is 1.79. The van der Waals surface area contributed by atoms with Crippen LogP contribution in [0.1, 0.15) is 5.56 Å². The van der Waals surface area contributed by atoms with Crippen LogP contribution in [0.2, 0.25) is 0 Å². The molecule has 1 heterocycles. The molecule has 0 fully saturated rings. The molecule has 31 heavy (non-hydrogen) atoms. The molecule has 0 spiro atoms. The predicted octanol–water partition coefficient (Wildman–Crippen LogP) is 7.07. The Hall–Kier alpha value is -2.00. The third kappa shape index (κ3) is 5.26. The fraction of sp³-hybridized carbons (Fsp3) is 0.0870. The number of thiazole rings is 1. The van der Waals surface area contributed by atoms with E-state index in [1.54, 1.807) is 48.2 Å². The van der Waals surface area contributed by atoms with Gasteiger partial charge >= 0.3 is 0 Å². The topological polar surface area (TPSA) is 47.0 Å². The molecule has 0 unspecified atom stereocenters. The van der Waals surface area contributed by atoms with Gasteiger partial charge in [-0.3, -0.25) is 0 Å². The van der Waals surface area contributed by atoms with Crippen LogP contribution in [0.15, 0.2) is 86.5 Å². The second-order valence-electron chi connectivity index (χ2n) is 6.85. The summed E-state index contributed by atoms with van der Waals surface area (Å²) < 4.78 is 40.1. The molecule has 0 bridgehead atoms. The van der Waals surface area contributed by atoms with E-state index in [-0.39, 0.29) is 10.7 Å². The van der Waals surface area contributed by atoms with Crippen LogP contribution in [-0.4, -0.2) is 19.7 Å². The normalized spacial score (nSPS) is 11.6. The van der Waals surface area contributed by atoms with Crippen molar-refractivity contribution in [3.63, 3.8) is 0 Å². The average molecular weight is 534 g/mol. The van der Waals surface area contributed by atoms with Gasteiger partial charge in [0.15, 0.2) is 14.2 Å². The second kappa shape index (κ2) is 9.24. The minimum absolute atomic E-state index is 0.229. The van der Waals surface area contributed by atoms with Crippen molar-refractivity contribution in [1.29, 1.82) is 0 Å². The van der Waals surface area contributed by atoms with E-state index in [1.807, 2.05) is 18.2 Å². The zero-order chi connectivity index (χ0) is 22.0. The Morgan fingerprint density at radius 1 is 1.03 bits per heavy atom. The maximum Gasteiger partial charge on any atom is 0.176 e. The first-order valence-electron chi connectivity index (χ1n) is 9.25. The molecule has 0 aliphatic rings. The molecule has 1 aromatic heterocycles. The van der Waals surface area contributed by atoms with Gasteiger partial charge in [-0.1, -0.05) is 70.2 Å². The van der Waals surface area contributed by atoms with E-state index < -0.39 is 9.84 Å². The molecule has 0 N–H and O–H groups in total. The number of benzene rings is 3. The monoisotopic (exact) mass is 533 g/mol. The van der Waals surface area contributed by atoms with Crippen molar-refractivity contribution in [3.05, 3.63) is 88.6 Å². The Bertz CT molecular complexity index is 1340. The highest BCUT2D eigenvalue weighted by Crippen LogP contribution is 2.42. The van der Waals surface area contributed by atoms with Gasteiger partial charge in [0.1, 0.15) is 5.82 Å². The van der Waals surface area contributed by atoms with Gasteiger partial charge in [-0.05, 0) is 41.5 Å². The van der Waals surface area contributed by atoms with E-state index in [0.29, 0.717) is 11.3 Å². The number of thioether (sulfide) groups is 1. The Labute approximate surface area is 197 Å². The van der Waals surface area contributed by atoms with Crippen LogP contribution in [0.5, 0.6) is 0 Å². The number of hydrogen-bond acceptors (Lipinski definition) is 5. The van der Waals surface area contributed by atoms with Crippen LogP contribution in [0.4, 0.5) is 4.39 Å². The summed E-state index contributed by atoms with van der Waals surface area (Å²) in [6.45, 7) is 0. The Morgan fingerprint density at radius 2 is 1.77 bits per heavy atom. The summed E-state index contributed by atoms with van der Waals surface area (Å²) >= 11 is 6.55. The molecule has 0 radical (unpaired) electrons. The summed E-state index contributed by atoms with van der Waals surface area (Å²) in [6, 6.07) is 21.1. The first-order valence-corrected chi connectivity index (χ1v) is 13.7. The lowest BCUT2D eigenvalue weighted by Gasteiger charge is -2.08. The van der Waals surface area contributed by atoms with Gasteiger partial charge in [0.2, 0.25) is 0 Å². The summed E-state index contributed by atoms with van der Waals surface area (Å²) in [4.78, 5) is 5.84. The lowest BCUT2D eigenvalue weighted by molar-refractivity contribution is 0.602. The van der Waals surface area contributed by atoms with Crippen LogP contribution in [0, 0.1) is 5.82 Å². The lowest BCUT2D eigenvalue weighted by atomic mass is 10.1. The highest BCUT2D eigenvalue weighted by atomic mass is 79.9. The zero-order valence-electron chi connectivity index (χ0n) is 16.4. The minimum Gasteiger partial charge on any atom is -0.229 e. The molecule has 0 atom stereocenters. The SMILES string of the molecule is CS(=O)(=O)c1ccccc1-c1nc(SCc2cccc(Br)c2)sc1-c1ccc(F)cc1. The van der Waals surface area contributed by atoms with Gasteiger partial charge in [0.05, 0.1) is 15.5 Å². The summed E-state index contributed by atoms with van der Waals surface area (Å²) in [5.74, 6) is 0.402. The first-order chi connectivity index (χ1) is 14.8. The molecule has 8 heteroatoms. The molecule has 0 aliphatic carbocycles. The van der Waals surface area contributed by atoms with Crippen LogP contribution < -0.4 is 0 Å². The number of aromatic nitrogens is 1. The molecule has 3 nitrogen and oxygen atoms in total. The standard InChI is InChI=1S/C23H17BrFNO2S3/c1-31(27,28)20-8-3-2-7-19(20)21-22(16-9-11-18(25)12-10-16)30-23(26-21)29-14-15-5-4-6-17(24)13-15/h2-13H,14H2,1H3. The van der Waals surface area contributed by atoms with Gasteiger partial charge in [-0.25, -0.2) is 17.8 Å². The van der Waals surface area contributed by atoms with E-state index in [9.17, 15) is 12.8 Å². The van der Waals surface area contributed by atoms with Crippen molar-refractivity contribution >= 4 is 48.9 Å². The van der Waals surface area contributed by atoms with Crippen LogP contribution >= 0.6 is 39.0 Å². The molecular weight excluding hydrogens is 517 g/mol. The predicted molar refractivity (Wildman–Crippen MR) is 130 cm³/mol. The van der Waals surface area contributed by atoms with Crippen molar-refractivity contribution in [2.24, 2.45) is 0 Å². The first kappa shape index (κ1) is 22.2.